The monoisotopic (exact) mass is 292 g/mol. The van der Waals surface area contributed by atoms with Gasteiger partial charge in [0.15, 0.2) is 0 Å². The Morgan fingerprint density at radius 3 is 2.67 bits per heavy atom. The van der Waals surface area contributed by atoms with Gasteiger partial charge in [-0.1, -0.05) is 25.1 Å². The van der Waals surface area contributed by atoms with Gasteiger partial charge in [-0.15, -0.1) is 0 Å². The molecule has 3 N–H and O–H groups in total. The number of carboxylic acids is 1. The zero-order valence-electron chi connectivity index (χ0n) is 12.9. The Balaban J connectivity index is 2.52. The number of urea groups is 1. The van der Waals surface area contributed by atoms with Crippen LogP contribution in [0.3, 0.4) is 0 Å². The van der Waals surface area contributed by atoms with Crippen molar-refractivity contribution in [3.05, 3.63) is 29.3 Å². The van der Waals surface area contributed by atoms with Gasteiger partial charge in [0.05, 0.1) is 0 Å². The lowest BCUT2D eigenvalue weighted by molar-refractivity contribution is -0.137. The van der Waals surface area contributed by atoms with Crippen molar-refractivity contribution in [2.24, 2.45) is 0 Å². The summed E-state index contributed by atoms with van der Waals surface area (Å²) in [5, 5.41) is 14.3. The van der Waals surface area contributed by atoms with Crippen LogP contribution < -0.4 is 10.6 Å². The summed E-state index contributed by atoms with van der Waals surface area (Å²) in [6.45, 7) is 5.89. The number of carbonyl (C=O) groups excluding carboxylic acids is 1. The number of anilines is 1. The summed E-state index contributed by atoms with van der Waals surface area (Å²) in [6.07, 6.45) is 2.19. The number of nitrogens with one attached hydrogen (secondary N) is 2. The molecule has 0 fully saturated rings. The highest BCUT2D eigenvalue weighted by atomic mass is 16.4. The van der Waals surface area contributed by atoms with Crippen LogP contribution in [0, 0.1) is 6.92 Å². The molecule has 5 nitrogen and oxygen atoms in total. The smallest absolute Gasteiger partial charge is 0.319 e. The Labute approximate surface area is 125 Å². The quantitative estimate of drug-likeness (QED) is 0.721. The molecule has 0 aromatic heterocycles. The standard InChI is InChI=1S/C16H24N2O3/c1-4-13-9-5-7-11(2)15(13)18-16(21)17-12(3)8-6-10-14(19)20/h5,7,9,12H,4,6,8,10H2,1-3H3,(H,19,20)(H2,17,18,21). The van der Waals surface area contributed by atoms with E-state index in [0.717, 1.165) is 23.2 Å². The number of carboxylic acid groups (broad SMARTS) is 1. The molecule has 1 rings (SSSR count). The fourth-order valence-electron chi connectivity index (χ4n) is 2.21. The maximum absolute atomic E-state index is 12.0. The van der Waals surface area contributed by atoms with Crippen molar-refractivity contribution in [2.75, 3.05) is 5.32 Å². The molecule has 0 aliphatic rings. The predicted molar refractivity (Wildman–Crippen MR) is 83.7 cm³/mol. The zero-order chi connectivity index (χ0) is 15.8. The number of rotatable bonds is 7. The highest BCUT2D eigenvalue weighted by Crippen LogP contribution is 2.20. The number of carbonyl (C=O) groups is 2. The minimum atomic E-state index is -0.806. The summed E-state index contributed by atoms with van der Waals surface area (Å²) in [7, 11) is 0. The molecule has 0 spiro atoms. The third-order valence-corrected chi connectivity index (χ3v) is 3.38. The van der Waals surface area contributed by atoms with Gasteiger partial charge in [-0.25, -0.2) is 4.79 Å². The molecule has 0 aliphatic heterocycles. The zero-order valence-corrected chi connectivity index (χ0v) is 12.9. The van der Waals surface area contributed by atoms with E-state index >= 15 is 0 Å². The van der Waals surface area contributed by atoms with Gasteiger partial charge in [0.1, 0.15) is 0 Å². The number of benzene rings is 1. The highest BCUT2D eigenvalue weighted by molar-refractivity contribution is 5.91. The van der Waals surface area contributed by atoms with Gasteiger partial charge >= 0.3 is 12.0 Å². The van der Waals surface area contributed by atoms with Crippen molar-refractivity contribution in [3.8, 4) is 0 Å². The second-order valence-corrected chi connectivity index (χ2v) is 5.25. The highest BCUT2D eigenvalue weighted by Gasteiger charge is 2.11. The second kappa shape index (κ2) is 8.29. The average Bonchev–Trinajstić information content (AvgIpc) is 2.40. The van der Waals surface area contributed by atoms with E-state index in [1.54, 1.807) is 0 Å². The summed E-state index contributed by atoms with van der Waals surface area (Å²) >= 11 is 0. The first-order valence-electron chi connectivity index (χ1n) is 7.31. The Hall–Kier alpha value is -2.04. The Morgan fingerprint density at radius 2 is 2.05 bits per heavy atom. The van der Waals surface area contributed by atoms with E-state index in [-0.39, 0.29) is 18.5 Å². The van der Waals surface area contributed by atoms with E-state index in [0.29, 0.717) is 12.8 Å². The van der Waals surface area contributed by atoms with Crippen molar-refractivity contribution in [2.45, 2.75) is 52.5 Å². The van der Waals surface area contributed by atoms with Gasteiger partial charge in [-0.05, 0) is 44.2 Å². The lowest BCUT2D eigenvalue weighted by atomic mass is 10.1. The van der Waals surface area contributed by atoms with E-state index in [9.17, 15) is 9.59 Å². The first-order chi connectivity index (χ1) is 9.93. The number of hydrogen-bond acceptors (Lipinski definition) is 2. The van der Waals surface area contributed by atoms with Crippen LogP contribution in [0.15, 0.2) is 18.2 Å². The number of hydrogen-bond donors (Lipinski definition) is 3. The molecule has 2 amide bonds. The molecule has 1 atom stereocenters. The van der Waals surface area contributed by atoms with Gasteiger partial charge in [-0.3, -0.25) is 4.79 Å². The van der Waals surface area contributed by atoms with Crippen LogP contribution in [-0.2, 0) is 11.2 Å². The molecular formula is C16H24N2O3. The molecule has 0 saturated heterocycles. The number of aryl methyl sites for hydroxylation is 2. The second-order valence-electron chi connectivity index (χ2n) is 5.25. The first-order valence-corrected chi connectivity index (χ1v) is 7.31. The molecular weight excluding hydrogens is 268 g/mol. The van der Waals surface area contributed by atoms with Crippen LogP contribution >= 0.6 is 0 Å². The Kier molecular flexibility index (Phi) is 6.72. The fourth-order valence-corrected chi connectivity index (χ4v) is 2.21. The Bertz CT molecular complexity index is 500. The first kappa shape index (κ1) is 17.0. The maximum Gasteiger partial charge on any atom is 0.319 e. The molecule has 0 bridgehead atoms. The topological polar surface area (TPSA) is 78.4 Å². The van der Waals surface area contributed by atoms with Crippen molar-refractivity contribution in [3.63, 3.8) is 0 Å². The van der Waals surface area contributed by atoms with Crippen LogP contribution in [-0.4, -0.2) is 23.1 Å². The van der Waals surface area contributed by atoms with E-state index in [1.807, 2.05) is 39.0 Å². The van der Waals surface area contributed by atoms with E-state index in [1.165, 1.54) is 0 Å². The summed E-state index contributed by atoms with van der Waals surface area (Å²) in [5.41, 5.74) is 2.99. The summed E-state index contributed by atoms with van der Waals surface area (Å²) in [6, 6.07) is 5.63. The van der Waals surface area contributed by atoms with E-state index < -0.39 is 5.97 Å². The Morgan fingerprint density at radius 1 is 1.33 bits per heavy atom. The van der Waals surface area contributed by atoms with Crippen LogP contribution in [0.2, 0.25) is 0 Å². The summed E-state index contributed by atoms with van der Waals surface area (Å²) in [4.78, 5) is 22.5. The van der Waals surface area contributed by atoms with E-state index in [4.69, 9.17) is 5.11 Å². The lowest BCUT2D eigenvalue weighted by Crippen LogP contribution is -2.36. The van der Waals surface area contributed by atoms with Crippen LogP contribution in [0.5, 0.6) is 0 Å². The minimum absolute atomic E-state index is 0.0570. The van der Waals surface area contributed by atoms with Crippen molar-refractivity contribution >= 4 is 17.7 Å². The molecule has 0 aliphatic carbocycles. The van der Waals surface area contributed by atoms with Crippen LogP contribution in [0.4, 0.5) is 10.5 Å². The molecule has 21 heavy (non-hydrogen) atoms. The largest absolute Gasteiger partial charge is 0.481 e. The summed E-state index contributed by atoms with van der Waals surface area (Å²) < 4.78 is 0. The van der Waals surface area contributed by atoms with Gasteiger partial charge < -0.3 is 15.7 Å². The number of amides is 2. The van der Waals surface area contributed by atoms with Crippen molar-refractivity contribution < 1.29 is 14.7 Å². The number of para-hydroxylation sites is 1. The lowest BCUT2D eigenvalue weighted by Gasteiger charge is -2.17. The maximum atomic E-state index is 12.0. The third kappa shape index (κ3) is 5.85. The van der Waals surface area contributed by atoms with Gasteiger partial charge in [0.25, 0.3) is 0 Å². The van der Waals surface area contributed by atoms with Crippen molar-refractivity contribution in [1.82, 2.24) is 5.32 Å². The minimum Gasteiger partial charge on any atom is -0.481 e. The molecule has 0 radical (unpaired) electrons. The average molecular weight is 292 g/mol. The molecule has 1 unspecified atom stereocenters. The van der Waals surface area contributed by atoms with Crippen molar-refractivity contribution in [1.29, 1.82) is 0 Å². The normalized spacial score (nSPS) is 11.8. The summed E-state index contributed by atoms with van der Waals surface area (Å²) in [5.74, 6) is -0.806. The molecule has 1 aromatic rings. The molecule has 0 saturated carbocycles. The van der Waals surface area contributed by atoms with Gasteiger partial charge in [0, 0.05) is 18.2 Å². The molecule has 116 valence electrons. The molecule has 0 heterocycles. The van der Waals surface area contributed by atoms with Crippen LogP contribution in [0.1, 0.15) is 44.2 Å². The SMILES string of the molecule is CCc1cccc(C)c1NC(=O)NC(C)CCCC(=O)O. The van der Waals surface area contributed by atoms with Gasteiger partial charge in [-0.2, -0.15) is 0 Å². The van der Waals surface area contributed by atoms with Gasteiger partial charge in [0.2, 0.25) is 0 Å². The van der Waals surface area contributed by atoms with E-state index in [2.05, 4.69) is 10.6 Å². The number of aliphatic carboxylic acids is 1. The molecule has 5 heteroatoms. The molecule has 1 aromatic carbocycles. The van der Waals surface area contributed by atoms with Crippen LogP contribution in [0.25, 0.3) is 0 Å². The fraction of sp³-hybridized carbons (Fsp3) is 0.500. The third-order valence-electron chi connectivity index (χ3n) is 3.38. The predicted octanol–water partition coefficient (Wildman–Crippen LogP) is 3.32.